The van der Waals surface area contributed by atoms with Gasteiger partial charge in [-0.05, 0) is 24.6 Å². The van der Waals surface area contributed by atoms with Gasteiger partial charge in [0.1, 0.15) is 0 Å². The minimum Gasteiger partial charge on any atom is -0.353 e. The fourth-order valence-electron chi connectivity index (χ4n) is 2.02. The number of rotatable bonds is 2. The first-order chi connectivity index (χ1) is 8.20. The van der Waals surface area contributed by atoms with Crippen molar-refractivity contribution in [2.24, 2.45) is 0 Å². The lowest BCUT2D eigenvalue weighted by atomic mass is 10.1. The lowest BCUT2D eigenvalue weighted by Crippen LogP contribution is -2.53. The Hall–Kier alpha value is -1.86. The van der Waals surface area contributed by atoms with E-state index < -0.39 is 0 Å². The molecule has 1 aromatic carbocycles. The molecule has 17 heavy (non-hydrogen) atoms. The summed E-state index contributed by atoms with van der Waals surface area (Å²) >= 11 is 0. The number of benzene rings is 1. The molecule has 2 rings (SSSR count). The number of piperazine rings is 1. The molecule has 1 unspecified atom stereocenters. The minimum atomic E-state index is -0.102. The van der Waals surface area contributed by atoms with Crippen LogP contribution in [0.15, 0.2) is 24.3 Å². The zero-order valence-corrected chi connectivity index (χ0v) is 9.81. The van der Waals surface area contributed by atoms with E-state index in [4.69, 9.17) is 5.26 Å². The van der Waals surface area contributed by atoms with E-state index in [9.17, 15) is 4.79 Å². The molecule has 1 N–H and O–H groups in total. The van der Waals surface area contributed by atoms with Crippen LogP contribution in [0.2, 0.25) is 0 Å². The first-order valence-corrected chi connectivity index (χ1v) is 5.71. The summed E-state index contributed by atoms with van der Waals surface area (Å²) in [6, 6.07) is 9.55. The van der Waals surface area contributed by atoms with Crippen LogP contribution >= 0.6 is 0 Å². The van der Waals surface area contributed by atoms with Crippen LogP contribution in [0, 0.1) is 11.3 Å². The molecule has 0 spiro atoms. The number of hydrogen-bond acceptors (Lipinski definition) is 3. The number of nitrogens with one attached hydrogen (secondary N) is 1. The average molecular weight is 229 g/mol. The maximum absolute atomic E-state index is 11.5. The molecule has 1 aliphatic heterocycles. The summed E-state index contributed by atoms with van der Waals surface area (Å²) in [4.78, 5) is 13.6. The predicted octanol–water partition coefficient (Wildman–Crippen LogP) is 0.879. The second-order valence-corrected chi connectivity index (χ2v) is 4.25. The maximum atomic E-state index is 11.5. The molecule has 0 aliphatic carbocycles. The van der Waals surface area contributed by atoms with Gasteiger partial charge in [0.05, 0.1) is 17.7 Å². The first kappa shape index (κ1) is 11.6. The molecule has 1 aromatic rings. The third-order valence-corrected chi connectivity index (χ3v) is 3.07. The third-order valence-electron chi connectivity index (χ3n) is 3.07. The van der Waals surface area contributed by atoms with Gasteiger partial charge < -0.3 is 5.32 Å². The van der Waals surface area contributed by atoms with E-state index in [0.29, 0.717) is 18.7 Å². The van der Waals surface area contributed by atoms with Crippen molar-refractivity contribution in [3.63, 3.8) is 0 Å². The highest BCUT2D eigenvalue weighted by Gasteiger charge is 2.24. The molecule has 4 heteroatoms. The van der Waals surface area contributed by atoms with Crippen LogP contribution in [-0.2, 0) is 11.3 Å². The Morgan fingerprint density at radius 3 is 3.18 bits per heavy atom. The summed E-state index contributed by atoms with van der Waals surface area (Å²) in [5, 5.41) is 11.7. The fraction of sp³-hybridized carbons (Fsp3) is 0.385. The van der Waals surface area contributed by atoms with Gasteiger partial charge in [0.15, 0.2) is 0 Å². The Labute approximate surface area is 101 Å². The van der Waals surface area contributed by atoms with E-state index in [0.717, 1.165) is 12.1 Å². The van der Waals surface area contributed by atoms with E-state index >= 15 is 0 Å². The topological polar surface area (TPSA) is 56.1 Å². The Balaban J connectivity index is 2.09. The Morgan fingerprint density at radius 2 is 2.41 bits per heavy atom. The molecule has 1 saturated heterocycles. The van der Waals surface area contributed by atoms with Crippen molar-refractivity contribution in [3.05, 3.63) is 35.4 Å². The molecule has 1 aliphatic rings. The van der Waals surface area contributed by atoms with Crippen molar-refractivity contribution in [1.82, 2.24) is 10.2 Å². The normalized spacial score (nSPS) is 20.7. The second-order valence-electron chi connectivity index (χ2n) is 4.25. The van der Waals surface area contributed by atoms with Crippen LogP contribution in [0.1, 0.15) is 18.1 Å². The quantitative estimate of drug-likeness (QED) is 0.819. The first-order valence-electron chi connectivity index (χ1n) is 5.71. The molecule has 0 radical (unpaired) electrons. The number of carbonyl (C=O) groups excluding carboxylic acids is 1. The molecule has 0 aromatic heterocycles. The smallest absolute Gasteiger partial charge is 0.237 e. The Morgan fingerprint density at radius 1 is 1.59 bits per heavy atom. The lowest BCUT2D eigenvalue weighted by Gasteiger charge is -2.32. The highest BCUT2D eigenvalue weighted by Crippen LogP contribution is 2.12. The molecule has 1 atom stereocenters. The van der Waals surface area contributed by atoms with Gasteiger partial charge in [-0.1, -0.05) is 12.1 Å². The van der Waals surface area contributed by atoms with Crippen LogP contribution in [0.25, 0.3) is 0 Å². The van der Waals surface area contributed by atoms with E-state index in [1.165, 1.54) is 0 Å². The van der Waals surface area contributed by atoms with Gasteiger partial charge in [0.2, 0.25) is 5.91 Å². The van der Waals surface area contributed by atoms with Crippen LogP contribution in [0.3, 0.4) is 0 Å². The van der Waals surface area contributed by atoms with E-state index in [1.807, 2.05) is 25.1 Å². The SMILES string of the molecule is CC1C(=O)NCCN1Cc1cccc(C#N)c1. The molecule has 1 fully saturated rings. The molecule has 4 nitrogen and oxygen atoms in total. The van der Waals surface area contributed by atoms with Gasteiger partial charge in [-0.3, -0.25) is 9.69 Å². The van der Waals surface area contributed by atoms with E-state index in [2.05, 4.69) is 16.3 Å². The highest BCUT2D eigenvalue weighted by molar-refractivity contribution is 5.81. The lowest BCUT2D eigenvalue weighted by molar-refractivity contribution is -0.128. The summed E-state index contributed by atoms with van der Waals surface area (Å²) in [7, 11) is 0. The summed E-state index contributed by atoms with van der Waals surface area (Å²) in [6.45, 7) is 4.16. The minimum absolute atomic E-state index is 0.0766. The van der Waals surface area contributed by atoms with Crippen molar-refractivity contribution >= 4 is 5.91 Å². The van der Waals surface area contributed by atoms with Gasteiger partial charge in [-0.15, -0.1) is 0 Å². The van der Waals surface area contributed by atoms with E-state index in [1.54, 1.807) is 6.07 Å². The predicted molar refractivity (Wildman–Crippen MR) is 64.0 cm³/mol. The molecule has 0 bridgehead atoms. The number of nitrogens with zero attached hydrogens (tertiary/aromatic N) is 2. The van der Waals surface area contributed by atoms with Gasteiger partial charge in [0, 0.05) is 19.6 Å². The van der Waals surface area contributed by atoms with Crippen LogP contribution < -0.4 is 5.32 Å². The van der Waals surface area contributed by atoms with Crippen molar-refractivity contribution in [3.8, 4) is 6.07 Å². The second kappa shape index (κ2) is 4.98. The monoisotopic (exact) mass is 229 g/mol. The van der Waals surface area contributed by atoms with E-state index in [-0.39, 0.29) is 11.9 Å². The van der Waals surface area contributed by atoms with Crippen LogP contribution in [-0.4, -0.2) is 29.9 Å². The van der Waals surface area contributed by atoms with Gasteiger partial charge in [-0.2, -0.15) is 5.26 Å². The maximum Gasteiger partial charge on any atom is 0.237 e. The van der Waals surface area contributed by atoms with Crippen molar-refractivity contribution in [2.45, 2.75) is 19.5 Å². The Kier molecular flexibility index (Phi) is 3.40. The number of nitriles is 1. The summed E-state index contributed by atoms with van der Waals surface area (Å²) in [6.07, 6.45) is 0. The zero-order chi connectivity index (χ0) is 12.3. The van der Waals surface area contributed by atoms with Crippen molar-refractivity contribution in [1.29, 1.82) is 5.26 Å². The largest absolute Gasteiger partial charge is 0.353 e. The fourth-order valence-corrected chi connectivity index (χ4v) is 2.02. The summed E-state index contributed by atoms with van der Waals surface area (Å²) < 4.78 is 0. The van der Waals surface area contributed by atoms with Crippen molar-refractivity contribution < 1.29 is 4.79 Å². The molecule has 0 saturated carbocycles. The highest BCUT2D eigenvalue weighted by atomic mass is 16.2. The van der Waals surface area contributed by atoms with Gasteiger partial charge >= 0.3 is 0 Å². The third kappa shape index (κ3) is 2.63. The number of amides is 1. The summed E-state index contributed by atoms with van der Waals surface area (Å²) in [5.41, 5.74) is 1.74. The average Bonchev–Trinajstić information content (AvgIpc) is 2.35. The molecule has 1 heterocycles. The standard InChI is InChI=1S/C13H15N3O/c1-10-13(17)15-5-6-16(10)9-12-4-2-3-11(7-12)8-14/h2-4,7,10H,5-6,9H2,1H3,(H,15,17). The Bertz CT molecular complexity index is 464. The molecular weight excluding hydrogens is 214 g/mol. The van der Waals surface area contributed by atoms with Crippen LogP contribution in [0.5, 0.6) is 0 Å². The molecule has 88 valence electrons. The van der Waals surface area contributed by atoms with Crippen LogP contribution in [0.4, 0.5) is 0 Å². The zero-order valence-electron chi connectivity index (χ0n) is 9.81. The van der Waals surface area contributed by atoms with Gasteiger partial charge in [0.25, 0.3) is 0 Å². The number of hydrogen-bond donors (Lipinski definition) is 1. The molecule has 1 amide bonds. The van der Waals surface area contributed by atoms with Crippen molar-refractivity contribution in [2.75, 3.05) is 13.1 Å². The number of carbonyl (C=O) groups is 1. The molecular formula is C13H15N3O. The summed E-state index contributed by atoms with van der Waals surface area (Å²) in [5.74, 6) is 0.0766. The van der Waals surface area contributed by atoms with Gasteiger partial charge in [-0.25, -0.2) is 0 Å².